The van der Waals surface area contributed by atoms with Gasteiger partial charge in [-0.25, -0.2) is 15.0 Å². The number of ether oxygens (including phenoxy) is 3. The Kier molecular flexibility index (Phi) is 6.40. The average Bonchev–Trinajstić information content (AvgIpc) is 3.24. The largest absolute Gasteiger partial charge is 0.493 e. The molecule has 1 amide bonds. The molecule has 32 heavy (non-hydrogen) atoms. The summed E-state index contributed by atoms with van der Waals surface area (Å²) in [7, 11) is 4.71. The first kappa shape index (κ1) is 21.8. The Morgan fingerprint density at radius 2 is 1.59 bits per heavy atom. The van der Waals surface area contributed by atoms with Gasteiger partial charge in [-0.05, 0) is 25.1 Å². The molecule has 0 saturated carbocycles. The number of aryl methyl sites for hydroxylation is 1. The molecule has 0 unspecified atom stereocenters. The molecule has 1 aliphatic heterocycles. The fourth-order valence-electron chi connectivity index (χ4n) is 3.64. The summed E-state index contributed by atoms with van der Waals surface area (Å²) in [4.78, 5) is 31.3. The molecule has 10 heteroatoms. The van der Waals surface area contributed by atoms with E-state index in [4.69, 9.17) is 14.2 Å². The predicted octanol–water partition coefficient (Wildman–Crippen LogP) is 2.90. The standard InChI is InChI=1S/C22H25N5O4S/c1-14-18(21(28)26-8-10-27(11-9-26)22-23-6-5-7-24-22)25-20(32-14)15-12-16(29-2)19(31-4)17(13-15)30-3/h5-7,12-13H,8-11H2,1-4H3. The summed E-state index contributed by atoms with van der Waals surface area (Å²) in [6, 6.07) is 5.47. The fraction of sp³-hybridized carbons (Fsp3) is 0.364. The van der Waals surface area contributed by atoms with E-state index in [0.29, 0.717) is 55.1 Å². The molecule has 0 atom stereocenters. The van der Waals surface area contributed by atoms with Gasteiger partial charge in [0.15, 0.2) is 11.5 Å². The average molecular weight is 456 g/mol. The van der Waals surface area contributed by atoms with Gasteiger partial charge in [0.05, 0.1) is 21.3 Å². The molecule has 1 saturated heterocycles. The van der Waals surface area contributed by atoms with E-state index in [1.165, 1.54) is 11.3 Å². The van der Waals surface area contributed by atoms with Crippen molar-refractivity contribution in [3.8, 4) is 27.8 Å². The normalized spacial score (nSPS) is 13.8. The van der Waals surface area contributed by atoms with Gasteiger partial charge in [-0.2, -0.15) is 0 Å². The van der Waals surface area contributed by atoms with E-state index >= 15 is 0 Å². The van der Waals surface area contributed by atoms with Gasteiger partial charge < -0.3 is 24.0 Å². The van der Waals surface area contributed by atoms with Crippen LogP contribution in [-0.2, 0) is 0 Å². The van der Waals surface area contributed by atoms with Crippen LogP contribution in [0.3, 0.4) is 0 Å². The molecule has 4 rings (SSSR count). The number of rotatable bonds is 6. The van der Waals surface area contributed by atoms with Crippen LogP contribution in [0.4, 0.5) is 5.95 Å². The number of carbonyl (C=O) groups excluding carboxylic acids is 1. The Morgan fingerprint density at radius 3 is 2.16 bits per heavy atom. The van der Waals surface area contributed by atoms with E-state index in [1.807, 2.05) is 24.0 Å². The highest BCUT2D eigenvalue weighted by atomic mass is 32.1. The fourth-order valence-corrected chi connectivity index (χ4v) is 4.53. The third-order valence-corrected chi connectivity index (χ3v) is 6.33. The lowest BCUT2D eigenvalue weighted by Gasteiger charge is -2.34. The lowest BCUT2D eigenvalue weighted by atomic mass is 10.2. The van der Waals surface area contributed by atoms with Crippen molar-refractivity contribution in [1.82, 2.24) is 19.9 Å². The quantitative estimate of drug-likeness (QED) is 0.561. The zero-order valence-corrected chi connectivity index (χ0v) is 19.3. The van der Waals surface area contributed by atoms with Crippen molar-refractivity contribution >= 4 is 23.2 Å². The second-order valence-electron chi connectivity index (χ2n) is 7.17. The van der Waals surface area contributed by atoms with Gasteiger partial charge in [0.2, 0.25) is 11.7 Å². The van der Waals surface area contributed by atoms with E-state index in [9.17, 15) is 4.79 Å². The van der Waals surface area contributed by atoms with Gasteiger partial charge in [0.1, 0.15) is 10.7 Å². The molecule has 3 heterocycles. The Labute approximate surface area is 190 Å². The van der Waals surface area contributed by atoms with Gasteiger partial charge in [0, 0.05) is 49.0 Å². The number of hydrogen-bond acceptors (Lipinski definition) is 9. The van der Waals surface area contributed by atoms with Crippen LogP contribution in [-0.4, -0.2) is 73.3 Å². The highest BCUT2D eigenvalue weighted by Gasteiger charge is 2.27. The highest BCUT2D eigenvalue weighted by Crippen LogP contribution is 2.42. The van der Waals surface area contributed by atoms with Gasteiger partial charge in [-0.3, -0.25) is 4.79 Å². The molecule has 9 nitrogen and oxygen atoms in total. The van der Waals surface area contributed by atoms with Crippen molar-refractivity contribution < 1.29 is 19.0 Å². The van der Waals surface area contributed by atoms with Crippen molar-refractivity contribution in [2.24, 2.45) is 0 Å². The number of hydrogen-bond donors (Lipinski definition) is 0. The Bertz CT molecular complexity index is 1070. The van der Waals surface area contributed by atoms with Crippen LogP contribution in [0.1, 0.15) is 15.4 Å². The molecular formula is C22H25N5O4S. The van der Waals surface area contributed by atoms with E-state index in [-0.39, 0.29) is 5.91 Å². The van der Waals surface area contributed by atoms with Crippen molar-refractivity contribution in [3.05, 3.63) is 41.2 Å². The summed E-state index contributed by atoms with van der Waals surface area (Å²) >= 11 is 1.47. The molecule has 168 valence electrons. The summed E-state index contributed by atoms with van der Waals surface area (Å²) in [5, 5.41) is 0.724. The van der Waals surface area contributed by atoms with Crippen molar-refractivity contribution in [2.75, 3.05) is 52.4 Å². The van der Waals surface area contributed by atoms with Crippen molar-refractivity contribution in [1.29, 1.82) is 0 Å². The molecule has 1 fully saturated rings. The number of thiazole rings is 1. The van der Waals surface area contributed by atoms with Gasteiger partial charge in [0.25, 0.3) is 5.91 Å². The summed E-state index contributed by atoms with van der Waals surface area (Å²) < 4.78 is 16.3. The SMILES string of the molecule is COc1cc(-c2nc(C(=O)N3CCN(c4ncccn4)CC3)c(C)s2)cc(OC)c1OC. The molecule has 1 aliphatic rings. The first-order chi connectivity index (χ1) is 15.5. The van der Waals surface area contributed by atoms with E-state index in [0.717, 1.165) is 15.4 Å². The molecule has 0 N–H and O–H groups in total. The third kappa shape index (κ3) is 4.18. The lowest BCUT2D eigenvalue weighted by molar-refractivity contribution is 0.0740. The monoisotopic (exact) mass is 455 g/mol. The topological polar surface area (TPSA) is 89.9 Å². The lowest BCUT2D eigenvalue weighted by Crippen LogP contribution is -2.49. The van der Waals surface area contributed by atoms with Crippen LogP contribution in [0.25, 0.3) is 10.6 Å². The predicted molar refractivity (Wildman–Crippen MR) is 122 cm³/mol. The highest BCUT2D eigenvalue weighted by molar-refractivity contribution is 7.15. The molecule has 1 aromatic carbocycles. The van der Waals surface area contributed by atoms with E-state index in [2.05, 4.69) is 19.9 Å². The number of carbonyl (C=O) groups is 1. The Morgan fingerprint density at radius 1 is 0.969 bits per heavy atom. The second kappa shape index (κ2) is 9.39. The van der Waals surface area contributed by atoms with Crippen LogP contribution in [0.2, 0.25) is 0 Å². The zero-order valence-electron chi connectivity index (χ0n) is 18.5. The number of anilines is 1. The van der Waals surface area contributed by atoms with Crippen LogP contribution in [0.5, 0.6) is 17.2 Å². The summed E-state index contributed by atoms with van der Waals surface area (Å²) in [5.41, 5.74) is 1.28. The van der Waals surface area contributed by atoms with Crippen LogP contribution in [0, 0.1) is 6.92 Å². The number of aromatic nitrogens is 3. The second-order valence-corrected chi connectivity index (χ2v) is 8.37. The molecule has 2 aromatic heterocycles. The smallest absolute Gasteiger partial charge is 0.273 e. The van der Waals surface area contributed by atoms with E-state index < -0.39 is 0 Å². The van der Waals surface area contributed by atoms with Crippen LogP contribution in [0.15, 0.2) is 30.6 Å². The van der Waals surface area contributed by atoms with Crippen molar-refractivity contribution in [2.45, 2.75) is 6.92 Å². The molecule has 0 bridgehead atoms. The number of amides is 1. The van der Waals surface area contributed by atoms with Crippen molar-refractivity contribution in [3.63, 3.8) is 0 Å². The minimum Gasteiger partial charge on any atom is -0.493 e. The van der Waals surface area contributed by atoms with E-state index in [1.54, 1.807) is 39.8 Å². The molecule has 0 radical (unpaired) electrons. The number of nitrogens with zero attached hydrogens (tertiary/aromatic N) is 5. The number of methoxy groups -OCH3 is 3. The van der Waals surface area contributed by atoms with Gasteiger partial charge in [-0.1, -0.05) is 0 Å². The first-order valence-electron chi connectivity index (χ1n) is 10.1. The first-order valence-corrected chi connectivity index (χ1v) is 11.0. The summed E-state index contributed by atoms with van der Waals surface area (Å²) in [5.74, 6) is 2.23. The number of benzene rings is 1. The Hall–Kier alpha value is -3.40. The molecule has 3 aromatic rings. The van der Waals surface area contributed by atoms with Gasteiger partial charge in [-0.15, -0.1) is 11.3 Å². The molecule has 0 aliphatic carbocycles. The van der Waals surface area contributed by atoms with Gasteiger partial charge >= 0.3 is 0 Å². The third-order valence-electron chi connectivity index (χ3n) is 5.31. The maximum Gasteiger partial charge on any atom is 0.273 e. The summed E-state index contributed by atoms with van der Waals surface area (Å²) in [6.45, 7) is 4.46. The van der Waals surface area contributed by atoms with Crippen LogP contribution < -0.4 is 19.1 Å². The van der Waals surface area contributed by atoms with Crippen LogP contribution >= 0.6 is 11.3 Å². The minimum atomic E-state index is -0.0638. The molecular weight excluding hydrogens is 430 g/mol. The Balaban J connectivity index is 1.53. The zero-order chi connectivity index (χ0) is 22.7. The minimum absolute atomic E-state index is 0.0638. The summed E-state index contributed by atoms with van der Waals surface area (Å²) in [6.07, 6.45) is 3.45. The maximum absolute atomic E-state index is 13.2. The molecule has 0 spiro atoms. The maximum atomic E-state index is 13.2. The number of piperazine rings is 1.